The molecule has 7 nitrogen and oxygen atoms in total. The lowest BCUT2D eigenvalue weighted by molar-refractivity contribution is 1.67. The van der Waals surface area contributed by atoms with Crippen LogP contribution in [0.2, 0.25) is 0 Å². The van der Waals surface area contributed by atoms with Gasteiger partial charge in [-0.25, -0.2) is 0 Å². The minimum absolute atomic E-state index is 0. The second-order valence-corrected chi connectivity index (χ2v) is 4.97. The van der Waals surface area contributed by atoms with Gasteiger partial charge in [0, 0.05) is 22.7 Å². The third-order valence-corrected chi connectivity index (χ3v) is 2.84. The molecule has 0 amide bonds. The molecular formula is C18H27N7. The van der Waals surface area contributed by atoms with Crippen molar-refractivity contribution < 1.29 is 0 Å². The van der Waals surface area contributed by atoms with E-state index in [9.17, 15) is 0 Å². The van der Waals surface area contributed by atoms with Crippen molar-refractivity contribution in [3.8, 4) is 0 Å². The molecule has 0 radical (unpaired) electrons. The fraction of sp³-hybridized carbons (Fsp3) is 0. The lowest BCUT2D eigenvalue weighted by atomic mass is 10.3. The molecule has 0 fully saturated rings. The second-order valence-electron chi connectivity index (χ2n) is 4.97. The zero-order chi connectivity index (χ0) is 17.9. The van der Waals surface area contributed by atoms with E-state index in [4.69, 9.17) is 34.4 Å². The Morgan fingerprint density at radius 3 is 1.00 bits per heavy atom. The molecule has 0 saturated carbocycles. The maximum atomic E-state index is 5.39. The van der Waals surface area contributed by atoms with Crippen molar-refractivity contribution in [1.82, 2.24) is 6.15 Å². The molecule has 0 bridgehead atoms. The molecule has 3 aromatic carbocycles. The normalized spacial score (nSPS) is 8.64. The molecule has 0 aliphatic carbocycles. The van der Waals surface area contributed by atoms with Gasteiger partial charge in [-0.1, -0.05) is 18.2 Å². The average Bonchev–Trinajstić information content (AvgIpc) is 2.54. The molecule has 0 aliphatic rings. The Labute approximate surface area is 148 Å². The van der Waals surface area contributed by atoms with E-state index in [1.54, 1.807) is 54.6 Å². The molecule has 0 aromatic heterocycles. The summed E-state index contributed by atoms with van der Waals surface area (Å²) in [5.74, 6) is 0. The Balaban J connectivity index is 0.000000339. The van der Waals surface area contributed by atoms with Crippen LogP contribution < -0.4 is 40.6 Å². The van der Waals surface area contributed by atoms with E-state index in [2.05, 4.69) is 0 Å². The molecule has 7 heteroatoms. The van der Waals surface area contributed by atoms with Crippen molar-refractivity contribution in [2.45, 2.75) is 0 Å². The minimum Gasteiger partial charge on any atom is -0.399 e. The van der Waals surface area contributed by atoms with Crippen LogP contribution in [0, 0.1) is 0 Å². The Bertz CT molecular complexity index is 683. The van der Waals surface area contributed by atoms with Crippen molar-refractivity contribution in [2.75, 3.05) is 34.4 Å². The molecule has 15 N–H and O–H groups in total. The van der Waals surface area contributed by atoms with Crippen LogP contribution in [0.3, 0.4) is 0 Å². The Morgan fingerprint density at radius 2 is 0.760 bits per heavy atom. The molecule has 0 saturated heterocycles. The first-order valence-electron chi connectivity index (χ1n) is 7.20. The summed E-state index contributed by atoms with van der Waals surface area (Å²) in [5, 5.41) is 0. The number of para-hydroxylation sites is 2. The zero-order valence-electron chi connectivity index (χ0n) is 14.1. The summed E-state index contributed by atoms with van der Waals surface area (Å²) in [5.41, 5.74) is 36.5. The van der Waals surface area contributed by atoms with Gasteiger partial charge in [-0.2, -0.15) is 0 Å². The van der Waals surface area contributed by atoms with E-state index in [1.165, 1.54) is 0 Å². The molecule has 134 valence electrons. The number of hydrogen-bond acceptors (Lipinski definition) is 7. The number of anilines is 6. The molecule has 0 atom stereocenters. The van der Waals surface area contributed by atoms with Crippen LogP contribution in [0.4, 0.5) is 34.1 Å². The third-order valence-electron chi connectivity index (χ3n) is 2.84. The molecule has 3 rings (SSSR count). The van der Waals surface area contributed by atoms with Gasteiger partial charge in [0.1, 0.15) is 0 Å². The van der Waals surface area contributed by atoms with E-state index in [0.29, 0.717) is 22.7 Å². The van der Waals surface area contributed by atoms with E-state index in [-0.39, 0.29) is 6.15 Å². The number of hydrogen-bond donors (Lipinski definition) is 7. The van der Waals surface area contributed by atoms with Gasteiger partial charge in [-0.15, -0.1) is 0 Å². The van der Waals surface area contributed by atoms with Gasteiger partial charge in [0.15, 0.2) is 0 Å². The van der Waals surface area contributed by atoms with E-state index in [1.807, 2.05) is 18.2 Å². The number of rotatable bonds is 0. The predicted octanol–water partition coefficient (Wildman–Crippen LogP) is 2.71. The first-order valence-corrected chi connectivity index (χ1v) is 7.20. The van der Waals surface area contributed by atoms with Crippen LogP contribution in [0.5, 0.6) is 0 Å². The van der Waals surface area contributed by atoms with Gasteiger partial charge >= 0.3 is 0 Å². The predicted molar refractivity (Wildman–Crippen MR) is 111 cm³/mol. The topological polar surface area (TPSA) is 191 Å². The molecular weight excluding hydrogens is 314 g/mol. The first kappa shape index (κ1) is 21.4. The highest BCUT2D eigenvalue weighted by Crippen LogP contribution is 2.10. The van der Waals surface area contributed by atoms with Crippen LogP contribution in [-0.2, 0) is 0 Å². The van der Waals surface area contributed by atoms with Gasteiger partial charge in [0.2, 0.25) is 0 Å². The van der Waals surface area contributed by atoms with Gasteiger partial charge in [-0.05, 0) is 54.6 Å². The van der Waals surface area contributed by atoms with Crippen LogP contribution in [0.15, 0.2) is 72.8 Å². The van der Waals surface area contributed by atoms with Crippen molar-refractivity contribution in [3.63, 3.8) is 0 Å². The summed E-state index contributed by atoms with van der Waals surface area (Å²) in [6, 6.07) is 21.5. The Morgan fingerprint density at radius 1 is 0.400 bits per heavy atom. The smallest absolute Gasteiger partial charge is 0.0547 e. The summed E-state index contributed by atoms with van der Waals surface area (Å²) in [6.45, 7) is 0. The molecule has 25 heavy (non-hydrogen) atoms. The number of nitrogens with two attached hydrogens (primary N) is 6. The maximum Gasteiger partial charge on any atom is 0.0547 e. The van der Waals surface area contributed by atoms with Crippen LogP contribution in [0.25, 0.3) is 0 Å². The summed E-state index contributed by atoms with van der Waals surface area (Å²) in [4.78, 5) is 0. The number of nitrogen functional groups attached to an aromatic ring is 6. The highest BCUT2D eigenvalue weighted by Gasteiger charge is 1.85. The van der Waals surface area contributed by atoms with Gasteiger partial charge in [0.05, 0.1) is 11.4 Å². The third kappa shape index (κ3) is 9.22. The fourth-order valence-corrected chi connectivity index (χ4v) is 1.57. The highest BCUT2D eigenvalue weighted by molar-refractivity contribution is 5.62. The average molecular weight is 341 g/mol. The SMILES string of the molecule is N.Nc1ccc(N)cc1.Nc1cccc(N)c1.Nc1ccccc1N. The highest BCUT2D eigenvalue weighted by atomic mass is 14.7. The lowest BCUT2D eigenvalue weighted by Gasteiger charge is -1.94. The molecule has 3 aromatic rings. The standard InChI is InChI=1S/3C6H8N2.H3N/c7-5-1-2-6(8)4-3-5;7-5-2-1-3-6(8)4-5;7-5-3-1-2-4-6(5)8;/h3*1-4H,7-8H2;1H3. The minimum atomic E-state index is 0. The lowest BCUT2D eigenvalue weighted by Crippen LogP contribution is -1.91. The first-order chi connectivity index (χ1) is 11.4. The maximum absolute atomic E-state index is 5.39. The largest absolute Gasteiger partial charge is 0.399 e. The summed E-state index contributed by atoms with van der Waals surface area (Å²) in [7, 11) is 0. The van der Waals surface area contributed by atoms with Crippen LogP contribution in [0.1, 0.15) is 0 Å². The Kier molecular flexibility index (Phi) is 9.45. The van der Waals surface area contributed by atoms with Gasteiger partial charge in [0.25, 0.3) is 0 Å². The quantitative estimate of drug-likeness (QED) is 0.305. The van der Waals surface area contributed by atoms with Crippen LogP contribution in [-0.4, -0.2) is 0 Å². The summed E-state index contributed by atoms with van der Waals surface area (Å²) < 4.78 is 0. The van der Waals surface area contributed by atoms with Gasteiger partial charge in [-0.3, -0.25) is 0 Å². The molecule has 0 aliphatic heterocycles. The van der Waals surface area contributed by atoms with E-state index >= 15 is 0 Å². The van der Waals surface area contributed by atoms with E-state index in [0.717, 1.165) is 11.4 Å². The number of benzene rings is 3. The van der Waals surface area contributed by atoms with Crippen molar-refractivity contribution >= 4 is 34.1 Å². The summed E-state index contributed by atoms with van der Waals surface area (Å²) >= 11 is 0. The van der Waals surface area contributed by atoms with Crippen molar-refractivity contribution in [3.05, 3.63) is 72.8 Å². The monoisotopic (exact) mass is 341 g/mol. The Hall–Kier alpha value is -3.58. The second kappa shape index (κ2) is 11.0. The molecule has 0 unspecified atom stereocenters. The fourth-order valence-electron chi connectivity index (χ4n) is 1.57. The van der Waals surface area contributed by atoms with E-state index < -0.39 is 0 Å². The van der Waals surface area contributed by atoms with Crippen molar-refractivity contribution in [1.29, 1.82) is 0 Å². The van der Waals surface area contributed by atoms with Crippen LogP contribution >= 0.6 is 0 Å². The summed E-state index contributed by atoms with van der Waals surface area (Å²) in [6.07, 6.45) is 0. The molecule has 0 heterocycles. The zero-order valence-corrected chi connectivity index (χ0v) is 14.1. The van der Waals surface area contributed by atoms with Gasteiger partial charge < -0.3 is 40.6 Å². The molecule has 0 spiro atoms. The van der Waals surface area contributed by atoms with Crippen molar-refractivity contribution in [2.24, 2.45) is 0 Å².